The zero-order valence-electron chi connectivity index (χ0n) is 7.57. The minimum absolute atomic E-state index is 0.571. The van der Waals surface area contributed by atoms with E-state index in [1.165, 1.54) is 0 Å². The van der Waals surface area contributed by atoms with Gasteiger partial charge in [0.25, 0.3) is 0 Å². The van der Waals surface area contributed by atoms with Crippen LogP contribution in [0.3, 0.4) is 0 Å². The lowest BCUT2D eigenvalue weighted by atomic mass is 10.3. The molecule has 0 aliphatic heterocycles. The molecule has 0 saturated heterocycles. The number of likely N-dealkylation sites (N-methyl/N-ethyl adjacent to an activating group) is 1. The van der Waals surface area contributed by atoms with Gasteiger partial charge < -0.3 is 10.6 Å². The number of anilines is 1. The molecule has 13 heavy (non-hydrogen) atoms. The molecule has 1 aromatic heterocycles. The molecule has 0 aliphatic rings. The van der Waals surface area contributed by atoms with Crippen LogP contribution in [0.5, 0.6) is 0 Å². The molecule has 0 saturated carbocycles. The van der Waals surface area contributed by atoms with Crippen LogP contribution >= 0.6 is 0 Å². The highest BCUT2D eigenvalue weighted by atomic mass is 15.1. The van der Waals surface area contributed by atoms with E-state index < -0.39 is 0 Å². The Bertz CT molecular complexity index is 316. The molecule has 0 fully saturated rings. The largest absolute Gasteiger partial charge is 0.372 e. The zero-order chi connectivity index (χ0) is 9.68. The summed E-state index contributed by atoms with van der Waals surface area (Å²) in [4.78, 5) is 5.92. The summed E-state index contributed by atoms with van der Waals surface area (Å²) in [6, 6.07) is 3.84. The van der Waals surface area contributed by atoms with Gasteiger partial charge in [-0.25, -0.2) is 0 Å². The Kier molecular flexibility index (Phi) is 3.23. The van der Waals surface area contributed by atoms with Crippen LogP contribution in [0.15, 0.2) is 18.5 Å². The maximum atomic E-state index is 8.64. The Balaban J connectivity index is 2.83. The summed E-state index contributed by atoms with van der Waals surface area (Å²) in [7, 11) is 1.92. The fourth-order valence-corrected chi connectivity index (χ4v) is 1.02. The van der Waals surface area contributed by atoms with Crippen LogP contribution in [0, 0.1) is 11.3 Å². The van der Waals surface area contributed by atoms with E-state index in [9.17, 15) is 0 Å². The van der Waals surface area contributed by atoms with E-state index in [4.69, 9.17) is 11.0 Å². The minimum Gasteiger partial charge on any atom is -0.372 e. The second kappa shape index (κ2) is 4.43. The number of nitrogens with zero attached hydrogens (tertiary/aromatic N) is 3. The molecule has 0 spiro atoms. The summed E-state index contributed by atoms with van der Waals surface area (Å²) in [5, 5.41) is 8.64. The van der Waals surface area contributed by atoms with Crippen molar-refractivity contribution < 1.29 is 0 Å². The average Bonchev–Trinajstić information content (AvgIpc) is 2.18. The van der Waals surface area contributed by atoms with Gasteiger partial charge in [-0.05, 0) is 6.07 Å². The Labute approximate surface area is 77.6 Å². The molecular formula is C9H12N4. The van der Waals surface area contributed by atoms with Gasteiger partial charge in [0.1, 0.15) is 6.07 Å². The van der Waals surface area contributed by atoms with Gasteiger partial charge in [0.2, 0.25) is 0 Å². The normalized spacial score (nSPS) is 9.31. The third-order valence-corrected chi connectivity index (χ3v) is 1.76. The smallest absolute Gasteiger partial charge is 0.101 e. The zero-order valence-corrected chi connectivity index (χ0v) is 7.57. The number of pyridine rings is 1. The van der Waals surface area contributed by atoms with Gasteiger partial charge in [0.15, 0.2) is 0 Å². The topological polar surface area (TPSA) is 65.9 Å². The Morgan fingerprint density at radius 2 is 2.38 bits per heavy atom. The highest BCUT2D eigenvalue weighted by Crippen LogP contribution is 2.11. The van der Waals surface area contributed by atoms with E-state index in [-0.39, 0.29) is 0 Å². The van der Waals surface area contributed by atoms with E-state index in [0.717, 1.165) is 12.2 Å². The predicted molar refractivity (Wildman–Crippen MR) is 51.3 cm³/mol. The molecule has 0 atom stereocenters. The van der Waals surface area contributed by atoms with Crippen LogP contribution < -0.4 is 10.6 Å². The Morgan fingerprint density at radius 1 is 1.62 bits per heavy atom. The lowest BCUT2D eigenvalue weighted by molar-refractivity contribution is 0.882. The van der Waals surface area contributed by atoms with Crippen molar-refractivity contribution in [1.82, 2.24) is 4.98 Å². The molecule has 0 aliphatic carbocycles. The highest BCUT2D eigenvalue weighted by molar-refractivity contribution is 5.48. The molecule has 0 bridgehead atoms. The standard InChI is InChI=1S/C9H12N4/c1-13(3-2-10)9-4-8(5-11)6-12-7-9/h4,6-7H,2-3,10H2,1H3. The molecule has 1 rings (SSSR count). The van der Waals surface area contributed by atoms with Crippen molar-refractivity contribution in [2.24, 2.45) is 5.73 Å². The SMILES string of the molecule is CN(CCN)c1cncc(C#N)c1. The van der Waals surface area contributed by atoms with Gasteiger partial charge in [-0.2, -0.15) is 5.26 Å². The van der Waals surface area contributed by atoms with Crippen molar-refractivity contribution >= 4 is 5.69 Å². The van der Waals surface area contributed by atoms with E-state index in [1.54, 1.807) is 18.5 Å². The molecule has 1 aromatic rings. The lowest BCUT2D eigenvalue weighted by Crippen LogP contribution is -2.25. The van der Waals surface area contributed by atoms with Crippen LogP contribution in [0.25, 0.3) is 0 Å². The quantitative estimate of drug-likeness (QED) is 0.721. The van der Waals surface area contributed by atoms with Crippen LogP contribution in [-0.2, 0) is 0 Å². The Morgan fingerprint density at radius 3 is 3.00 bits per heavy atom. The van der Waals surface area contributed by atoms with E-state index in [2.05, 4.69) is 4.98 Å². The van der Waals surface area contributed by atoms with E-state index in [1.807, 2.05) is 18.0 Å². The molecule has 0 radical (unpaired) electrons. The maximum absolute atomic E-state index is 8.64. The van der Waals surface area contributed by atoms with Crippen molar-refractivity contribution in [3.8, 4) is 6.07 Å². The molecule has 0 aromatic carbocycles. The van der Waals surface area contributed by atoms with Crippen molar-refractivity contribution in [2.45, 2.75) is 0 Å². The van der Waals surface area contributed by atoms with Crippen molar-refractivity contribution in [3.05, 3.63) is 24.0 Å². The van der Waals surface area contributed by atoms with E-state index in [0.29, 0.717) is 12.1 Å². The summed E-state index contributed by atoms with van der Waals surface area (Å²) in [5.41, 5.74) is 6.90. The molecule has 1 heterocycles. The first-order valence-corrected chi connectivity index (χ1v) is 4.04. The number of hydrogen-bond acceptors (Lipinski definition) is 4. The summed E-state index contributed by atoms with van der Waals surface area (Å²) in [5.74, 6) is 0. The van der Waals surface area contributed by atoms with Crippen molar-refractivity contribution in [2.75, 3.05) is 25.0 Å². The Hall–Kier alpha value is -1.60. The van der Waals surface area contributed by atoms with E-state index >= 15 is 0 Å². The number of nitrogens with two attached hydrogens (primary N) is 1. The molecular weight excluding hydrogens is 164 g/mol. The first-order chi connectivity index (χ1) is 6.27. The van der Waals surface area contributed by atoms with Gasteiger partial charge in [0, 0.05) is 26.3 Å². The lowest BCUT2D eigenvalue weighted by Gasteiger charge is -2.17. The summed E-state index contributed by atoms with van der Waals surface area (Å²) in [6.45, 7) is 1.35. The van der Waals surface area contributed by atoms with Crippen LogP contribution in [0.4, 0.5) is 5.69 Å². The second-order valence-electron chi connectivity index (χ2n) is 2.75. The number of nitriles is 1. The third kappa shape index (κ3) is 2.42. The van der Waals surface area contributed by atoms with Crippen LogP contribution in [-0.4, -0.2) is 25.1 Å². The molecule has 4 nitrogen and oxygen atoms in total. The molecule has 68 valence electrons. The second-order valence-corrected chi connectivity index (χ2v) is 2.75. The molecule has 0 unspecified atom stereocenters. The van der Waals surface area contributed by atoms with Crippen molar-refractivity contribution in [1.29, 1.82) is 5.26 Å². The predicted octanol–water partition coefficient (Wildman–Crippen LogP) is 0.348. The van der Waals surface area contributed by atoms with Gasteiger partial charge in [-0.15, -0.1) is 0 Å². The fraction of sp³-hybridized carbons (Fsp3) is 0.333. The third-order valence-electron chi connectivity index (χ3n) is 1.76. The molecule has 2 N–H and O–H groups in total. The van der Waals surface area contributed by atoms with Crippen molar-refractivity contribution in [3.63, 3.8) is 0 Å². The number of hydrogen-bond donors (Lipinski definition) is 1. The summed E-state index contributed by atoms with van der Waals surface area (Å²) >= 11 is 0. The molecule has 4 heteroatoms. The van der Waals surface area contributed by atoms with Gasteiger partial charge >= 0.3 is 0 Å². The number of aromatic nitrogens is 1. The minimum atomic E-state index is 0.571. The van der Waals surface area contributed by atoms with Crippen LogP contribution in [0.1, 0.15) is 5.56 Å². The number of rotatable bonds is 3. The highest BCUT2D eigenvalue weighted by Gasteiger charge is 2.00. The van der Waals surface area contributed by atoms with Crippen LogP contribution in [0.2, 0.25) is 0 Å². The summed E-state index contributed by atoms with van der Waals surface area (Å²) in [6.07, 6.45) is 3.26. The average molecular weight is 176 g/mol. The van der Waals surface area contributed by atoms with Gasteiger partial charge in [-0.1, -0.05) is 0 Å². The monoisotopic (exact) mass is 176 g/mol. The van der Waals surface area contributed by atoms with Gasteiger partial charge in [-0.3, -0.25) is 4.98 Å². The maximum Gasteiger partial charge on any atom is 0.101 e. The molecule has 0 amide bonds. The first-order valence-electron chi connectivity index (χ1n) is 4.04. The summed E-state index contributed by atoms with van der Waals surface area (Å²) < 4.78 is 0. The fourth-order valence-electron chi connectivity index (χ4n) is 1.02. The van der Waals surface area contributed by atoms with Gasteiger partial charge in [0.05, 0.1) is 17.4 Å². The first kappa shape index (κ1) is 9.49.